The van der Waals surface area contributed by atoms with Crippen LogP contribution < -0.4 is 5.73 Å². The number of rotatable bonds is 0. The van der Waals surface area contributed by atoms with Crippen LogP contribution in [0.4, 0.5) is 5.82 Å². The minimum Gasteiger partial charge on any atom is -0.381 e. The molecular formula is C5H6ClN3. The molecule has 1 aromatic rings. The predicted octanol–water partition coefficient (Wildman–Crippen LogP) is 1.02. The molecule has 0 aliphatic carbocycles. The van der Waals surface area contributed by atoms with Gasteiger partial charge in [0.15, 0.2) is 11.0 Å². The van der Waals surface area contributed by atoms with Crippen LogP contribution in [0.3, 0.4) is 0 Å². The van der Waals surface area contributed by atoms with Gasteiger partial charge in [-0.3, -0.25) is 0 Å². The van der Waals surface area contributed by atoms with E-state index in [-0.39, 0.29) is 11.0 Å². The highest BCUT2D eigenvalue weighted by atomic mass is 35.5. The molecule has 1 aromatic heterocycles. The molecule has 4 heteroatoms. The Balaban J connectivity index is 3.17. The Bertz CT molecular complexity index is 223. The molecule has 1 heterocycles. The Morgan fingerprint density at radius 3 is 2.78 bits per heavy atom. The summed E-state index contributed by atoms with van der Waals surface area (Å²) in [6, 6.07) is 0. The molecule has 2 N–H and O–H groups in total. The first-order valence-electron chi connectivity index (χ1n) is 2.45. The van der Waals surface area contributed by atoms with Crippen molar-refractivity contribution >= 4 is 17.4 Å². The number of nitrogens with zero attached hydrogens (tertiary/aromatic N) is 2. The lowest BCUT2D eigenvalue weighted by molar-refractivity contribution is 1.13. The fourth-order valence-electron chi connectivity index (χ4n) is 0.481. The van der Waals surface area contributed by atoms with Crippen molar-refractivity contribution in [3.8, 4) is 0 Å². The van der Waals surface area contributed by atoms with Gasteiger partial charge in [0.25, 0.3) is 0 Å². The fraction of sp³-hybridized carbons (Fsp3) is 0.200. The first-order valence-corrected chi connectivity index (χ1v) is 2.82. The van der Waals surface area contributed by atoms with Gasteiger partial charge in [-0.15, -0.1) is 0 Å². The topological polar surface area (TPSA) is 51.8 Å². The number of aryl methyl sites for hydroxylation is 1. The largest absolute Gasteiger partial charge is 0.381 e. The molecule has 3 nitrogen and oxygen atoms in total. The number of nitrogen functional groups attached to an aromatic ring is 1. The van der Waals surface area contributed by atoms with E-state index in [0.717, 1.165) is 5.69 Å². The fourth-order valence-corrected chi connectivity index (χ4v) is 0.572. The Kier molecular flexibility index (Phi) is 1.53. The molecule has 0 radical (unpaired) electrons. The van der Waals surface area contributed by atoms with E-state index in [1.165, 1.54) is 0 Å². The second kappa shape index (κ2) is 2.19. The number of aromatic nitrogens is 2. The molecular weight excluding hydrogens is 138 g/mol. The van der Waals surface area contributed by atoms with Gasteiger partial charge in [0, 0.05) is 0 Å². The second-order valence-electron chi connectivity index (χ2n) is 1.69. The summed E-state index contributed by atoms with van der Waals surface area (Å²) >= 11 is 5.48. The van der Waals surface area contributed by atoms with Gasteiger partial charge in [0.05, 0.1) is 11.9 Å². The highest BCUT2D eigenvalue weighted by molar-refractivity contribution is 6.31. The zero-order chi connectivity index (χ0) is 6.85. The molecule has 0 saturated heterocycles. The Labute approximate surface area is 57.9 Å². The van der Waals surface area contributed by atoms with E-state index in [9.17, 15) is 0 Å². The van der Waals surface area contributed by atoms with Crippen LogP contribution in [0.5, 0.6) is 0 Å². The van der Waals surface area contributed by atoms with Crippen molar-refractivity contribution in [2.24, 2.45) is 0 Å². The molecule has 0 atom stereocenters. The molecule has 0 aliphatic rings. The first kappa shape index (κ1) is 6.29. The van der Waals surface area contributed by atoms with Gasteiger partial charge in [-0.1, -0.05) is 11.6 Å². The summed E-state index contributed by atoms with van der Waals surface area (Å²) in [5.41, 5.74) is 6.09. The van der Waals surface area contributed by atoms with Crippen LogP contribution in [0.15, 0.2) is 6.20 Å². The van der Waals surface area contributed by atoms with Crippen LogP contribution in [-0.2, 0) is 0 Å². The van der Waals surface area contributed by atoms with Gasteiger partial charge in [-0.25, -0.2) is 9.97 Å². The predicted molar refractivity (Wildman–Crippen MR) is 36.2 cm³/mol. The average molecular weight is 144 g/mol. The summed E-state index contributed by atoms with van der Waals surface area (Å²) in [7, 11) is 0. The third kappa shape index (κ3) is 1.29. The molecule has 1 rings (SSSR count). The monoisotopic (exact) mass is 143 g/mol. The van der Waals surface area contributed by atoms with Gasteiger partial charge in [0.2, 0.25) is 0 Å². The summed E-state index contributed by atoms with van der Waals surface area (Å²) in [6.45, 7) is 1.81. The molecule has 0 fully saturated rings. The van der Waals surface area contributed by atoms with Crippen LogP contribution in [0.1, 0.15) is 5.69 Å². The molecule has 0 bridgehead atoms. The lowest BCUT2D eigenvalue weighted by Crippen LogP contribution is -1.94. The van der Waals surface area contributed by atoms with Crippen LogP contribution in [0.2, 0.25) is 5.15 Å². The maximum atomic E-state index is 5.48. The third-order valence-corrected chi connectivity index (χ3v) is 1.16. The Morgan fingerprint density at radius 2 is 2.33 bits per heavy atom. The first-order chi connectivity index (χ1) is 4.20. The van der Waals surface area contributed by atoms with E-state index in [4.69, 9.17) is 17.3 Å². The van der Waals surface area contributed by atoms with E-state index in [2.05, 4.69) is 9.97 Å². The van der Waals surface area contributed by atoms with Gasteiger partial charge in [-0.05, 0) is 6.92 Å². The molecule has 0 unspecified atom stereocenters. The Morgan fingerprint density at radius 1 is 1.67 bits per heavy atom. The minimum atomic E-state index is 0.264. The minimum absolute atomic E-state index is 0.264. The van der Waals surface area contributed by atoms with Crippen molar-refractivity contribution < 1.29 is 0 Å². The average Bonchev–Trinajstić information content (AvgIpc) is 1.80. The normalized spacial score (nSPS) is 9.56. The quantitative estimate of drug-likeness (QED) is 0.590. The molecule has 0 spiro atoms. The summed E-state index contributed by atoms with van der Waals surface area (Å²) in [5, 5.41) is 0.264. The molecule has 0 amide bonds. The van der Waals surface area contributed by atoms with E-state index in [1.54, 1.807) is 13.1 Å². The summed E-state index contributed by atoms with van der Waals surface area (Å²) in [4.78, 5) is 7.61. The van der Waals surface area contributed by atoms with Crippen molar-refractivity contribution in [1.29, 1.82) is 0 Å². The smallest absolute Gasteiger partial charge is 0.171 e. The molecule has 9 heavy (non-hydrogen) atoms. The zero-order valence-corrected chi connectivity index (χ0v) is 5.68. The van der Waals surface area contributed by atoms with Crippen LogP contribution in [0.25, 0.3) is 0 Å². The lowest BCUT2D eigenvalue weighted by atomic mass is 10.5. The maximum absolute atomic E-state index is 5.48. The van der Waals surface area contributed by atoms with Gasteiger partial charge in [0.1, 0.15) is 0 Å². The van der Waals surface area contributed by atoms with Crippen LogP contribution >= 0.6 is 11.6 Å². The standard InChI is InChI=1S/C5H6ClN3/c1-3-2-8-4(6)5(7)9-3/h2H,1H3,(H2,7,9). The van der Waals surface area contributed by atoms with Crippen molar-refractivity contribution in [2.45, 2.75) is 6.92 Å². The molecule has 0 aliphatic heterocycles. The van der Waals surface area contributed by atoms with Crippen molar-refractivity contribution in [3.05, 3.63) is 17.0 Å². The van der Waals surface area contributed by atoms with E-state index in [1.807, 2.05) is 0 Å². The van der Waals surface area contributed by atoms with E-state index >= 15 is 0 Å². The molecule has 48 valence electrons. The third-order valence-electron chi connectivity index (χ3n) is 0.873. The van der Waals surface area contributed by atoms with Crippen molar-refractivity contribution in [3.63, 3.8) is 0 Å². The second-order valence-corrected chi connectivity index (χ2v) is 2.05. The van der Waals surface area contributed by atoms with E-state index < -0.39 is 0 Å². The lowest BCUT2D eigenvalue weighted by Gasteiger charge is -1.94. The van der Waals surface area contributed by atoms with Crippen molar-refractivity contribution in [2.75, 3.05) is 5.73 Å². The van der Waals surface area contributed by atoms with Crippen LogP contribution in [-0.4, -0.2) is 9.97 Å². The van der Waals surface area contributed by atoms with Crippen LogP contribution in [0, 0.1) is 6.92 Å². The summed E-state index contributed by atoms with van der Waals surface area (Å²) in [5.74, 6) is 0.289. The van der Waals surface area contributed by atoms with E-state index in [0.29, 0.717) is 0 Å². The van der Waals surface area contributed by atoms with Crippen molar-refractivity contribution in [1.82, 2.24) is 9.97 Å². The molecule has 0 aromatic carbocycles. The highest BCUT2D eigenvalue weighted by Gasteiger charge is 1.95. The number of hydrogen-bond acceptors (Lipinski definition) is 3. The molecule has 0 saturated carbocycles. The van der Waals surface area contributed by atoms with Gasteiger partial charge in [-0.2, -0.15) is 0 Å². The number of halogens is 1. The number of anilines is 1. The number of nitrogens with two attached hydrogens (primary N) is 1. The maximum Gasteiger partial charge on any atom is 0.171 e. The Hall–Kier alpha value is -0.830. The summed E-state index contributed by atoms with van der Waals surface area (Å²) < 4.78 is 0. The summed E-state index contributed by atoms with van der Waals surface area (Å²) in [6.07, 6.45) is 1.57. The highest BCUT2D eigenvalue weighted by Crippen LogP contribution is 2.10. The van der Waals surface area contributed by atoms with Gasteiger partial charge >= 0.3 is 0 Å². The SMILES string of the molecule is Cc1cnc(Cl)c(N)n1. The zero-order valence-electron chi connectivity index (χ0n) is 4.93. The van der Waals surface area contributed by atoms with Gasteiger partial charge < -0.3 is 5.73 Å². The number of hydrogen-bond donors (Lipinski definition) is 1.